The van der Waals surface area contributed by atoms with Crippen LogP contribution in [0.2, 0.25) is 0 Å². The summed E-state index contributed by atoms with van der Waals surface area (Å²) in [6, 6.07) is 0. The highest BCUT2D eigenvalue weighted by Gasteiger charge is 2.45. The molecule has 0 aromatic heterocycles. The summed E-state index contributed by atoms with van der Waals surface area (Å²) in [7, 11) is 1.63. The standard InChI is InChI=1S/C12H23NO4/c1-3-6-13-12(11(14)15)5-4-10(9-12)17-8-7-16-2/h10,13H,3-9H2,1-2H3,(H,14,15). The minimum atomic E-state index is -0.784. The van der Waals surface area contributed by atoms with Crippen LogP contribution in [0, 0.1) is 0 Å². The molecule has 1 aliphatic carbocycles. The second-order valence-corrected chi connectivity index (χ2v) is 4.54. The lowest BCUT2D eigenvalue weighted by Crippen LogP contribution is -2.50. The van der Waals surface area contributed by atoms with E-state index in [4.69, 9.17) is 9.47 Å². The van der Waals surface area contributed by atoms with Gasteiger partial charge in [-0.15, -0.1) is 0 Å². The molecule has 0 saturated heterocycles. The third-order valence-corrected chi connectivity index (χ3v) is 3.23. The van der Waals surface area contributed by atoms with Crippen molar-refractivity contribution >= 4 is 5.97 Å². The normalized spacial score (nSPS) is 28.5. The van der Waals surface area contributed by atoms with Gasteiger partial charge >= 0.3 is 5.97 Å². The van der Waals surface area contributed by atoms with Crippen molar-refractivity contribution in [3.8, 4) is 0 Å². The molecular formula is C12H23NO4. The number of aliphatic carboxylic acids is 1. The van der Waals surface area contributed by atoms with E-state index < -0.39 is 11.5 Å². The van der Waals surface area contributed by atoms with Crippen LogP contribution in [0.5, 0.6) is 0 Å². The molecule has 17 heavy (non-hydrogen) atoms. The molecule has 1 rings (SSSR count). The summed E-state index contributed by atoms with van der Waals surface area (Å²) in [4.78, 5) is 11.4. The van der Waals surface area contributed by atoms with Gasteiger partial charge in [-0.05, 0) is 25.8 Å². The first kappa shape index (κ1) is 14.4. The maximum Gasteiger partial charge on any atom is 0.323 e. The maximum absolute atomic E-state index is 11.4. The van der Waals surface area contributed by atoms with Gasteiger partial charge in [0.25, 0.3) is 0 Å². The number of hydrogen-bond donors (Lipinski definition) is 2. The van der Waals surface area contributed by atoms with E-state index in [0.29, 0.717) is 26.1 Å². The third kappa shape index (κ3) is 3.94. The second kappa shape index (κ2) is 6.93. The number of carboxylic acids is 1. The fourth-order valence-electron chi connectivity index (χ4n) is 2.24. The van der Waals surface area contributed by atoms with Crippen LogP contribution in [-0.4, -0.2) is 49.6 Å². The number of carboxylic acid groups (broad SMARTS) is 1. The van der Waals surface area contributed by atoms with Crippen LogP contribution in [0.15, 0.2) is 0 Å². The van der Waals surface area contributed by atoms with Crippen LogP contribution in [0.3, 0.4) is 0 Å². The Balaban J connectivity index is 2.44. The largest absolute Gasteiger partial charge is 0.480 e. The summed E-state index contributed by atoms with van der Waals surface area (Å²) < 4.78 is 10.5. The van der Waals surface area contributed by atoms with E-state index in [1.54, 1.807) is 7.11 Å². The van der Waals surface area contributed by atoms with E-state index in [9.17, 15) is 9.90 Å². The fraction of sp³-hybridized carbons (Fsp3) is 0.917. The first-order chi connectivity index (χ1) is 8.14. The first-order valence-corrected chi connectivity index (χ1v) is 6.23. The summed E-state index contributed by atoms with van der Waals surface area (Å²) in [6.45, 7) is 3.85. The molecule has 0 heterocycles. The van der Waals surface area contributed by atoms with E-state index in [-0.39, 0.29) is 6.10 Å². The van der Waals surface area contributed by atoms with Crippen LogP contribution in [0.25, 0.3) is 0 Å². The zero-order chi connectivity index (χ0) is 12.7. The molecule has 2 unspecified atom stereocenters. The molecular weight excluding hydrogens is 222 g/mol. The molecule has 0 bridgehead atoms. The van der Waals surface area contributed by atoms with Crippen LogP contribution in [-0.2, 0) is 14.3 Å². The lowest BCUT2D eigenvalue weighted by atomic mass is 9.97. The Morgan fingerprint density at radius 1 is 1.53 bits per heavy atom. The van der Waals surface area contributed by atoms with E-state index in [1.165, 1.54) is 0 Å². The highest BCUT2D eigenvalue weighted by atomic mass is 16.5. The number of rotatable bonds is 8. The Bertz CT molecular complexity index is 247. The summed E-state index contributed by atoms with van der Waals surface area (Å²) in [5.74, 6) is -0.760. The SMILES string of the molecule is CCCNC1(C(=O)O)CCC(OCCOC)C1. The summed E-state index contributed by atoms with van der Waals surface area (Å²) in [6.07, 6.45) is 2.95. The molecule has 5 nitrogen and oxygen atoms in total. The van der Waals surface area contributed by atoms with Crippen LogP contribution >= 0.6 is 0 Å². The van der Waals surface area contributed by atoms with Crippen molar-refractivity contribution < 1.29 is 19.4 Å². The van der Waals surface area contributed by atoms with Crippen molar-refractivity contribution in [2.75, 3.05) is 26.9 Å². The highest BCUT2D eigenvalue weighted by molar-refractivity contribution is 5.79. The molecule has 0 aromatic carbocycles. The van der Waals surface area contributed by atoms with Crippen LogP contribution in [0.4, 0.5) is 0 Å². The lowest BCUT2D eigenvalue weighted by Gasteiger charge is -2.25. The van der Waals surface area contributed by atoms with Crippen molar-refractivity contribution in [1.82, 2.24) is 5.32 Å². The minimum absolute atomic E-state index is 0.0330. The average molecular weight is 245 g/mol. The predicted octanol–water partition coefficient (Wildman–Crippen LogP) is 1.02. The average Bonchev–Trinajstić information content (AvgIpc) is 2.72. The van der Waals surface area contributed by atoms with Crippen molar-refractivity contribution in [3.05, 3.63) is 0 Å². The molecule has 2 atom stereocenters. The van der Waals surface area contributed by atoms with Gasteiger partial charge in [-0.25, -0.2) is 0 Å². The molecule has 1 aliphatic rings. The van der Waals surface area contributed by atoms with Crippen molar-refractivity contribution in [2.24, 2.45) is 0 Å². The summed E-state index contributed by atoms with van der Waals surface area (Å²) >= 11 is 0. The van der Waals surface area contributed by atoms with Gasteiger partial charge in [0.15, 0.2) is 0 Å². The second-order valence-electron chi connectivity index (χ2n) is 4.54. The number of hydrogen-bond acceptors (Lipinski definition) is 4. The Labute approximate surface area is 102 Å². The van der Waals surface area contributed by atoms with Crippen molar-refractivity contribution in [2.45, 2.75) is 44.2 Å². The number of carbonyl (C=O) groups is 1. The first-order valence-electron chi connectivity index (χ1n) is 6.23. The molecule has 0 aliphatic heterocycles. The van der Waals surface area contributed by atoms with Gasteiger partial charge in [0, 0.05) is 13.5 Å². The smallest absolute Gasteiger partial charge is 0.323 e. The quantitative estimate of drug-likeness (QED) is 0.625. The van der Waals surface area contributed by atoms with Gasteiger partial charge < -0.3 is 19.9 Å². The molecule has 2 N–H and O–H groups in total. The topological polar surface area (TPSA) is 67.8 Å². The van der Waals surface area contributed by atoms with Crippen LogP contribution in [0.1, 0.15) is 32.6 Å². The Morgan fingerprint density at radius 3 is 2.88 bits per heavy atom. The van der Waals surface area contributed by atoms with E-state index in [1.807, 2.05) is 6.92 Å². The van der Waals surface area contributed by atoms with E-state index in [0.717, 1.165) is 19.4 Å². The molecule has 0 aromatic rings. The molecule has 1 saturated carbocycles. The van der Waals surface area contributed by atoms with Gasteiger partial charge in [0.2, 0.25) is 0 Å². The predicted molar refractivity (Wildman–Crippen MR) is 64.1 cm³/mol. The van der Waals surface area contributed by atoms with Crippen LogP contribution < -0.4 is 5.32 Å². The zero-order valence-corrected chi connectivity index (χ0v) is 10.7. The van der Waals surface area contributed by atoms with E-state index in [2.05, 4.69) is 5.32 Å². The van der Waals surface area contributed by atoms with Gasteiger partial charge in [0.05, 0.1) is 19.3 Å². The summed E-state index contributed by atoms with van der Waals surface area (Å²) in [5, 5.41) is 12.5. The zero-order valence-electron chi connectivity index (χ0n) is 10.7. The Kier molecular flexibility index (Phi) is 5.88. The monoisotopic (exact) mass is 245 g/mol. The van der Waals surface area contributed by atoms with E-state index >= 15 is 0 Å². The van der Waals surface area contributed by atoms with Crippen molar-refractivity contribution in [3.63, 3.8) is 0 Å². The maximum atomic E-state index is 11.4. The molecule has 0 amide bonds. The molecule has 1 fully saturated rings. The number of nitrogens with one attached hydrogen (secondary N) is 1. The Hall–Kier alpha value is -0.650. The van der Waals surface area contributed by atoms with Crippen molar-refractivity contribution in [1.29, 1.82) is 0 Å². The van der Waals surface area contributed by atoms with Gasteiger partial charge in [-0.1, -0.05) is 6.92 Å². The number of methoxy groups -OCH3 is 1. The minimum Gasteiger partial charge on any atom is -0.480 e. The Morgan fingerprint density at radius 2 is 2.29 bits per heavy atom. The number of ether oxygens (including phenoxy) is 2. The summed E-state index contributed by atoms with van der Waals surface area (Å²) in [5.41, 5.74) is -0.784. The molecule has 0 radical (unpaired) electrons. The van der Waals surface area contributed by atoms with Gasteiger partial charge in [-0.2, -0.15) is 0 Å². The molecule has 0 spiro atoms. The lowest BCUT2D eigenvalue weighted by molar-refractivity contribution is -0.145. The van der Waals surface area contributed by atoms with Gasteiger partial charge in [0.1, 0.15) is 5.54 Å². The third-order valence-electron chi connectivity index (χ3n) is 3.23. The highest BCUT2D eigenvalue weighted by Crippen LogP contribution is 2.32. The van der Waals surface area contributed by atoms with Gasteiger partial charge in [-0.3, -0.25) is 4.79 Å². The fourth-order valence-corrected chi connectivity index (χ4v) is 2.24. The molecule has 5 heteroatoms. The molecule has 100 valence electrons.